The van der Waals surface area contributed by atoms with Gasteiger partial charge in [-0.25, -0.2) is 0 Å². The first kappa shape index (κ1) is 8.47. The van der Waals surface area contributed by atoms with E-state index in [9.17, 15) is 0 Å². The van der Waals surface area contributed by atoms with Gasteiger partial charge in [0.05, 0.1) is 12.5 Å². The van der Waals surface area contributed by atoms with E-state index in [2.05, 4.69) is 13.2 Å². The fourth-order valence-corrected chi connectivity index (χ4v) is 0.698. The van der Waals surface area contributed by atoms with E-state index in [0.29, 0.717) is 0 Å². The van der Waals surface area contributed by atoms with Gasteiger partial charge in [0.15, 0.2) is 0 Å². The van der Waals surface area contributed by atoms with E-state index in [1.54, 1.807) is 0 Å². The Morgan fingerprint density at radius 2 is 1.67 bits per heavy atom. The van der Waals surface area contributed by atoms with Gasteiger partial charge in [0.25, 0.3) is 0 Å². The normalized spacial score (nSPS) is 8.67. The minimum atomic E-state index is -1.29. The van der Waals surface area contributed by atoms with E-state index < -0.39 is 8.60 Å². The van der Waals surface area contributed by atoms with Gasteiger partial charge in [0.1, 0.15) is 0 Å². The van der Waals surface area contributed by atoms with Crippen LogP contribution in [0.3, 0.4) is 0 Å². The Labute approximate surface area is 55.9 Å². The van der Waals surface area contributed by atoms with Crippen molar-refractivity contribution in [3.63, 3.8) is 0 Å². The third-order valence-electron chi connectivity index (χ3n) is 0.470. The van der Waals surface area contributed by atoms with Crippen LogP contribution < -0.4 is 0 Å². The summed E-state index contributed by atoms with van der Waals surface area (Å²) in [6.07, 6.45) is 2.53. The van der Waals surface area contributed by atoms with Crippen molar-refractivity contribution in [3.8, 4) is 0 Å². The fraction of sp³-hybridized carbons (Fsp3) is 0.200. The summed E-state index contributed by atoms with van der Waals surface area (Å²) in [5.41, 5.74) is 0. The highest BCUT2D eigenvalue weighted by Gasteiger charge is 2.06. The first-order valence-corrected chi connectivity index (χ1v) is 3.34. The molecule has 0 aliphatic rings. The predicted octanol–water partition coefficient (Wildman–Crippen LogP) is 2.18. The first-order chi connectivity index (χ1) is 4.35. The second kappa shape index (κ2) is 5.60. The van der Waals surface area contributed by atoms with Gasteiger partial charge in [-0.05, 0) is 0 Å². The molecule has 9 heavy (non-hydrogen) atoms. The van der Waals surface area contributed by atoms with Gasteiger partial charge < -0.3 is 9.05 Å². The van der Waals surface area contributed by atoms with Gasteiger partial charge in [-0.2, -0.15) is 0 Å². The summed E-state index contributed by atoms with van der Waals surface area (Å²) in [5.74, 6) is 0. The molecular weight excluding hydrogens is 139 g/mol. The van der Waals surface area contributed by atoms with E-state index in [0.717, 1.165) is 0 Å². The number of rotatable bonds is 5. The van der Waals surface area contributed by atoms with Crippen LogP contribution in [0.4, 0.5) is 0 Å². The standard InChI is InChI=1S/C5H9O3P/c1-4-7-9(6-3)8-5-2/h4-5H,1-2H2,3H3. The van der Waals surface area contributed by atoms with Crippen molar-refractivity contribution in [1.29, 1.82) is 0 Å². The average molecular weight is 148 g/mol. The largest absolute Gasteiger partial charge is 0.461 e. The van der Waals surface area contributed by atoms with Crippen LogP contribution in [-0.4, -0.2) is 7.11 Å². The molecule has 4 heteroatoms. The molecule has 0 aliphatic carbocycles. The molecule has 0 aromatic rings. The summed E-state index contributed by atoms with van der Waals surface area (Å²) in [7, 11) is 0.190. The lowest BCUT2D eigenvalue weighted by Gasteiger charge is -2.08. The minimum absolute atomic E-state index is 1.26. The molecule has 0 spiro atoms. The molecule has 0 aliphatic heterocycles. The van der Waals surface area contributed by atoms with Gasteiger partial charge >= 0.3 is 8.60 Å². The molecule has 0 aromatic carbocycles. The molecule has 0 fully saturated rings. The second-order valence-electron chi connectivity index (χ2n) is 0.950. The summed E-state index contributed by atoms with van der Waals surface area (Å²) >= 11 is 0. The topological polar surface area (TPSA) is 27.7 Å². The predicted molar refractivity (Wildman–Crippen MR) is 36.5 cm³/mol. The zero-order chi connectivity index (χ0) is 7.11. The Hall–Kier alpha value is -0.530. The number of hydrogen-bond acceptors (Lipinski definition) is 3. The maximum absolute atomic E-state index is 4.74. The Morgan fingerprint density at radius 3 is 1.89 bits per heavy atom. The van der Waals surface area contributed by atoms with Crippen LogP contribution in [0, 0.1) is 0 Å². The quantitative estimate of drug-likeness (QED) is 0.441. The van der Waals surface area contributed by atoms with Crippen LogP contribution in [0.25, 0.3) is 0 Å². The van der Waals surface area contributed by atoms with Gasteiger partial charge in [-0.15, -0.1) is 0 Å². The molecule has 0 atom stereocenters. The van der Waals surface area contributed by atoms with Gasteiger partial charge in [-0.1, -0.05) is 13.2 Å². The summed E-state index contributed by atoms with van der Waals surface area (Å²) in [4.78, 5) is 0. The molecular formula is C5H9O3P. The highest BCUT2D eigenvalue weighted by atomic mass is 31.2. The fourth-order valence-electron chi connectivity index (χ4n) is 0.233. The van der Waals surface area contributed by atoms with Crippen molar-refractivity contribution in [3.05, 3.63) is 25.7 Å². The lowest BCUT2D eigenvalue weighted by molar-refractivity contribution is 0.280. The van der Waals surface area contributed by atoms with Crippen molar-refractivity contribution in [1.82, 2.24) is 0 Å². The van der Waals surface area contributed by atoms with Crippen LogP contribution in [0.15, 0.2) is 25.7 Å². The van der Waals surface area contributed by atoms with Crippen LogP contribution in [-0.2, 0) is 13.6 Å². The Bertz CT molecular complexity index is 84.2. The minimum Gasteiger partial charge on any atom is -0.426 e. The van der Waals surface area contributed by atoms with Gasteiger partial charge in [-0.3, -0.25) is 4.52 Å². The van der Waals surface area contributed by atoms with Crippen molar-refractivity contribution < 1.29 is 13.6 Å². The SMILES string of the molecule is C=COP(OC)OC=C. The Kier molecular flexibility index (Phi) is 5.27. The summed E-state index contributed by atoms with van der Waals surface area (Å²) in [6.45, 7) is 6.66. The number of hydrogen-bond donors (Lipinski definition) is 0. The average Bonchev–Trinajstić information content (AvgIpc) is 1.88. The monoisotopic (exact) mass is 148 g/mol. The molecule has 0 bridgehead atoms. The van der Waals surface area contributed by atoms with E-state index in [1.165, 1.54) is 19.6 Å². The molecule has 52 valence electrons. The summed E-state index contributed by atoms with van der Waals surface area (Å²) in [6, 6.07) is 0. The molecule has 0 radical (unpaired) electrons. The first-order valence-electron chi connectivity index (χ1n) is 2.24. The van der Waals surface area contributed by atoms with Crippen molar-refractivity contribution in [2.45, 2.75) is 0 Å². The second-order valence-corrected chi connectivity index (χ2v) is 2.18. The smallest absolute Gasteiger partial charge is 0.426 e. The van der Waals surface area contributed by atoms with E-state index in [4.69, 9.17) is 13.6 Å². The van der Waals surface area contributed by atoms with Gasteiger partial charge in [0.2, 0.25) is 0 Å². The van der Waals surface area contributed by atoms with Crippen molar-refractivity contribution >= 4 is 8.60 Å². The Balaban J connectivity index is 3.39. The lowest BCUT2D eigenvalue weighted by atomic mass is 11.2. The van der Waals surface area contributed by atoms with Crippen molar-refractivity contribution in [2.24, 2.45) is 0 Å². The molecule has 0 unspecified atom stereocenters. The van der Waals surface area contributed by atoms with Crippen LogP contribution >= 0.6 is 8.60 Å². The molecule has 0 aromatic heterocycles. The van der Waals surface area contributed by atoms with Crippen LogP contribution in [0.2, 0.25) is 0 Å². The van der Waals surface area contributed by atoms with E-state index in [-0.39, 0.29) is 0 Å². The van der Waals surface area contributed by atoms with Crippen LogP contribution in [0.1, 0.15) is 0 Å². The molecule has 0 N–H and O–H groups in total. The lowest BCUT2D eigenvalue weighted by Crippen LogP contribution is -1.80. The maximum atomic E-state index is 4.74. The van der Waals surface area contributed by atoms with Gasteiger partial charge in [0, 0.05) is 7.11 Å². The molecule has 0 rings (SSSR count). The van der Waals surface area contributed by atoms with Crippen molar-refractivity contribution in [2.75, 3.05) is 7.11 Å². The molecule has 0 amide bonds. The molecule has 0 saturated carbocycles. The highest BCUT2D eigenvalue weighted by Crippen LogP contribution is 2.38. The third-order valence-corrected chi connectivity index (χ3v) is 1.41. The van der Waals surface area contributed by atoms with Crippen LogP contribution in [0.5, 0.6) is 0 Å². The highest BCUT2D eigenvalue weighted by molar-refractivity contribution is 7.41. The van der Waals surface area contributed by atoms with E-state index in [1.807, 2.05) is 0 Å². The molecule has 0 saturated heterocycles. The summed E-state index contributed by atoms with van der Waals surface area (Å²) < 4.78 is 14.2. The maximum Gasteiger partial charge on any atom is 0.461 e. The third kappa shape index (κ3) is 4.01. The molecule has 0 heterocycles. The summed E-state index contributed by atoms with van der Waals surface area (Å²) in [5, 5.41) is 0. The zero-order valence-corrected chi connectivity index (χ0v) is 6.14. The molecule has 3 nitrogen and oxygen atoms in total. The Morgan fingerprint density at radius 1 is 1.22 bits per heavy atom. The van der Waals surface area contributed by atoms with E-state index >= 15 is 0 Å². The zero-order valence-electron chi connectivity index (χ0n) is 5.24.